The van der Waals surface area contributed by atoms with Crippen LogP contribution in [0.5, 0.6) is 0 Å². The Morgan fingerprint density at radius 1 is 1.32 bits per heavy atom. The zero-order valence-electron chi connectivity index (χ0n) is 11.2. The maximum Gasteiger partial charge on any atom is 0.223 e. The van der Waals surface area contributed by atoms with Crippen molar-refractivity contribution in [3.05, 3.63) is 35.6 Å². The van der Waals surface area contributed by atoms with Crippen LogP contribution in [0.3, 0.4) is 0 Å². The number of nitrogens with two attached hydrogens (primary N) is 1. The van der Waals surface area contributed by atoms with Crippen LogP contribution in [-0.4, -0.2) is 48.9 Å². The van der Waals surface area contributed by atoms with Gasteiger partial charge in [0.1, 0.15) is 5.82 Å². The van der Waals surface area contributed by atoms with Gasteiger partial charge >= 0.3 is 0 Å². The number of carbonyl (C=O) groups excluding carboxylic acids is 1. The van der Waals surface area contributed by atoms with Crippen molar-refractivity contribution in [2.75, 3.05) is 33.2 Å². The van der Waals surface area contributed by atoms with Crippen molar-refractivity contribution in [1.82, 2.24) is 9.80 Å². The molecule has 1 amide bonds. The molecule has 2 N–H and O–H groups in total. The maximum absolute atomic E-state index is 12.9. The smallest absolute Gasteiger partial charge is 0.223 e. The molecular weight excluding hydrogens is 245 g/mol. The molecule has 0 unspecified atom stereocenters. The molecular formula is C14H20FN3O. The summed E-state index contributed by atoms with van der Waals surface area (Å²) < 4.78 is 12.9. The highest BCUT2D eigenvalue weighted by molar-refractivity contribution is 5.77. The zero-order valence-corrected chi connectivity index (χ0v) is 11.2. The van der Waals surface area contributed by atoms with Crippen LogP contribution in [0, 0.1) is 11.7 Å². The molecule has 0 bridgehead atoms. The van der Waals surface area contributed by atoms with Crippen LogP contribution in [0.15, 0.2) is 24.3 Å². The van der Waals surface area contributed by atoms with E-state index >= 15 is 0 Å². The molecule has 1 heterocycles. The highest BCUT2D eigenvalue weighted by Crippen LogP contribution is 2.12. The summed E-state index contributed by atoms with van der Waals surface area (Å²) in [6.45, 7) is 3.88. The number of likely N-dealkylation sites (N-methyl/N-ethyl adjacent to an activating group) is 1. The van der Waals surface area contributed by atoms with Crippen molar-refractivity contribution in [3.8, 4) is 0 Å². The maximum atomic E-state index is 12.9. The quantitative estimate of drug-likeness (QED) is 0.874. The number of hydrogen-bond acceptors (Lipinski definition) is 3. The molecule has 1 saturated heterocycles. The lowest BCUT2D eigenvalue weighted by atomic mass is 10.1. The lowest BCUT2D eigenvalue weighted by Crippen LogP contribution is -2.37. The largest absolute Gasteiger partial charge is 0.369 e. The lowest BCUT2D eigenvalue weighted by Gasteiger charge is -2.22. The second-order valence-electron chi connectivity index (χ2n) is 5.22. The van der Waals surface area contributed by atoms with E-state index in [2.05, 4.69) is 9.80 Å². The first-order valence-corrected chi connectivity index (χ1v) is 6.49. The van der Waals surface area contributed by atoms with E-state index in [0.29, 0.717) is 13.1 Å². The van der Waals surface area contributed by atoms with E-state index in [1.165, 1.54) is 12.1 Å². The minimum Gasteiger partial charge on any atom is -0.369 e. The normalized spacial score (nSPS) is 22.1. The van der Waals surface area contributed by atoms with E-state index in [9.17, 15) is 9.18 Å². The molecule has 0 aliphatic carbocycles. The molecule has 104 valence electrons. The monoisotopic (exact) mass is 265 g/mol. The Balaban J connectivity index is 2.02. The Morgan fingerprint density at radius 3 is 2.63 bits per heavy atom. The van der Waals surface area contributed by atoms with Gasteiger partial charge in [-0.1, -0.05) is 12.1 Å². The summed E-state index contributed by atoms with van der Waals surface area (Å²) in [6, 6.07) is 6.49. The van der Waals surface area contributed by atoms with E-state index in [1.807, 2.05) is 7.05 Å². The lowest BCUT2D eigenvalue weighted by molar-refractivity contribution is -0.122. The Hall–Kier alpha value is -1.46. The SMILES string of the molecule is CN1CCN(Cc2ccc(F)cc2)C[C@@H](C(N)=O)C1. The molecule has 19 heavy (non-hydrogen) atoms. The molecule has 5 heteroatoms. The van der Waals surface area contributed by atoms with E-state index < -0.39 is 0 Å². The van der Waals surface area contributed by atoms with E-state index in [4.69, 9.17) is 5.73 Å². The minimum absolute atomic E-state index is 0.145. The van der Waals surface area contributed by atoms with Gasteiger partial charge in [0, 0.05) is 32.7 Å². The number of nitrogens with zero attached hydrogens (tertiary/aromatic N) is 2. The van der Waals surface area contributed by atoms with Crippen LogP contribution in [-0.2, 0) is 11.3 Å². The number of benzene rings is 1. The molecule has 0 aromatic heterocycles. The molecule has 4 nitrogen and oxygen atoms in total. The fourth-order valence-electron chi connectivity index (χ4n) is 2.41. The van der Waals surface area contributed by atoms with Gasteiger partial charge in [-0.2, -0.15) is 0 Å². The Morgan fingerprint density at radius 2 is 2.00 bits per heavy atom. The van der Waals surface area contributed by atoms with Crippen molar-refractivity contribution in [2.24, 2.45) is 11.7 Å². The van der Waals surface area contributed by atoms with Crippen molar-refractivity contribution < 1.29 is 9.18 Å². The summed E-state index contributed by atoms with van der Waals surface area (Å²) >= 11 is 0. The topological polar surface area (TPSA) is 49.6 Å². The summed E-state index contributed by atoms with van der Waals surface area (Å²) in [4.78, 5) is 15.7. The average Bonchev–Trinajstić information content (AvgIpc) is 2.55. The van der Waals surface area contributed by atoms with E-state index in [-0.39, 0.29) is 17.6 Å². The summed E-state index contributed by atoms with van der Waals surface area (Å²) in [5.74, 6) is -0.625. The molecule has 0 saturated carbocycles. The first-order valence-electron chi connectivity index (χ1n) is 6.49. The van der Waals surface area contributed by atoms with E-state index in [1.54, 1.807) is 12.1 Å². The standard InChI is InChI=1S/C14H20FN3O/c1-17-6-7-18(10-12(9-17)14(16)19)8-11-2-4-13(15)5-3-11/h2-5,12H,6-10H2,1H3,(H2,16,19)/t12-/m0/s1. The summed E-state index contributed by atoms with van der Waals surface area (Å²) in [7, 11) is 2.00. The van der Waals surface area contributed by atoms with Gasteiger partial charge in [-0.15, -0.1) is 0 Å². The molecule has 1 atom stereocenters. The van der Waals surface area contributed by atoms with E-state index in [0.717, 1.165) is 25.2 Å². The number of carbonyl (C=O) groups is 1. The van der Waals surface area contributed by atoms with Gasteiger partial charge in [-0.3, -0.25) is 9.69 Å². The van der Waals surface area contributed by atoms with Crippen LogP contribution in [0.25, 0.3) is 0 Å². The molecule has 1 aromatic rings. The number of primary amides is 1. The van der Waals surface area contributed by atoms with Crippen LogP contribution in [0.4, 0.5) is 4.39 Å². The van der Waals surface area contributed by atoms with Crippen LogP contribution in [0.1, 0.15) is 5.56 Å². The summed E-state index contributed by atoms with van der Waals surface area (Å²) in [5, 5.41) is 0. The number of hydrogen-bond donors (Lipinski definition) is 1. The second kappa shape index (κ2) is 6.12. The second-order valence-corrected chi connectivity index (χ2v) is 5.22. The van der Waals surface area contributed by atoms with Gasteiger partial charge in [0.2, 0.25) is 5.91 Å². The summed E-state index contributed by atoms with van der Waals surface area (Å²) in [5.41, 5.74) is 6.48. The average molecular weight is 265 g/mol. The van der Waals surface area contributed by atoms with Gasteiger partial charge in [0.25, 0.3) is 0 Å². The molecule has 1 aromatic carbocycles. The zero-order chi connectivity index (χ0) is 13.8. The molecule has 0 spiro atoms. The van der Waals surface area contributed by atoms with Gasteiger partial charge < -0.3 is 10.6 Å². The third-order valence-electron chi connectivity index (χ3n) is 3.53. The summed E-state index contributed by atoms with van der Waals surface area (Å²) in [6.07, 6.45) is 0. The molecule has 0 radical (unpaired) electrons. The first kappa shape index (κ1) is 14.0. The Kier molecular flexibility index (Phi) is 4.50. The predicted molar refractivity (Wildman–Crippen MR) is 71.9 cm³/mol. The van der Waals surface area contributed by atoms with Crippen LogP contribution < -0.4 is 5.73 Å². The van der Waals surface area contributed by atoms with Gasteiger partial charge in [-0.05, 0) is 24.7 Å². The van der Waals surface area contributed by atoms with Crippen LogP contribution >= 0.6 is 0 Å². The molecule has 1 aliphatic rings. The fourth-order valence-corrected chi connectivity index (χ4v) is 2.41. The molecule has 1 aliphatic heterocycles. The third kappa shape index (κ3) is 4.01. The van der Waals surface area contributed by atoms with Crippen LogP contribution in [0.2, 0.25) is 0 Å². The Labute approximate surface area is 113 Å². The number of amides is 1. The van der Waals surface area contributed by atoms with Crippen molar-refractivity contribution in [3.63, 3.8) is 0 Å². The van der Waals surface area contributed by atoms with Crippen molar-refractivity contribution in [1.29, 1.82) is 0 Å². The number of halogens is 1. The predicted octanol–water partition coefficient (Wildman–Crippen LogP) is 0.675. The highest BCUT2D eigenvalue weighted by atomic mass is 19.1. The first-order chi connectivity index (χ1) is 9.04. The van der Waals surface area contributed by atoms with Crippen molar-refractivity contribution >= 4 is 5.91 Å². The van der Waals surface area contributed by atoms with Gasteiger partial charge in [0.15, 0.2) is 0 Å². The fraction of sp³-hybridized carbons (Fsp3) is 0.500. The third-order valence-corrected chi connectivity index (χ3v) is 3.53. The Bertz CT molecular complexity index is 435. The minimum atomic E-state index is -0.252. The highest BCUT2D eigenvalue weighted by Gasteiger charge is 2.24. The molecule has 2 rings (SSSR count). The van der Waals surface area contributed by atoms with Crippen molar-refractivity contribution in [2.45, 2.75) is 6.54 Å². The van der Waals surface area contributed by atoms with Gasteiger partial charge in [0.05, 0.1) is 5.92 Å². The molecule has 1 fully saturated rings. The van der Waals surface area contributed by atoms with Gasteiger partial charge in [-0.25, -0.2) is 4.39 Å². The number of rotatable bonds is 3.